The Morgan fingerprint density at radius 2 is 1.86 bits per heavy atom. The lowest BCUT2D eigenvalue weighted by Gasteiger charge is -2.27. The zero-order chi connectivity index (χ0) is 16.0. The number of esters is 1. The molecular formula is C16H20N2O3. The molecule has 0 spiro atoms. The van der Waals surface area contributed by atoms with Crippen molar-refractivity contribution in [1.29, 1.82) is 5.26 Å². The summed E-state index contributed by atoms with van der Waals surface area (Å²) in [6, 6.07) is 8.46. The quantitative estimate of drug-likeness (QED) is 0.682. The number of amides is 1. The van der Waals surface area contributed by atoms with Crippen LogP contribution in [0.15, 0.2) is 24.3 Å². The molecule has 5 nitrogen and oxygen atoms in total. The van der Waals surface area contributed by atoms with Crippen molar-refractivity contribution in [3.63, 3.8) is 0 Å². The Labute approximate surface area is 124 Å². The van der Waals surface area contributed by atoms with Crippen LogP contribution < -0.4 is 5.32 Å². The third-order valence-corrected chi connectivity index (χ3v) is 2.93. The van der Waals surface area contributed by atoms with E-state index in [0.29, 0.717) is 11.3 Å². The van der Waals surface area contributed by atoms with Crippen LogP contribution in [0.3, 0.4) is 0 Å². The molecule has 0 aliphatic carbocycles. The van der Waals surface area contributed by atoms with E-state index in [0.717, 1.165) is 0 Å². The third kappa shape index (κ3) is 4.60. The molecule has 1 unspecified atom stereocenters. The van der Waals surface area contributed by atoms with Crippen molar-refractivity contribution in [2.75, 3.05) is 11.9 Å². The zero-order valence-corrected chi connectivity index (χ0v) is 12.8. The molecule has 21 heavy (non-hydrogen) atoms. The summed E-state index contributed by atoms with van der Waals surface area (Å²) in [5, 5.41) is 11.4. The van der Waals surface area contributed by atoms with E-state index >= 15 is 0 Å². The van der Waals surface area contributed by atoms with E-state index in [2.05, 4.69) is 5.32 Å². The van der Waals surface area contributed by atoms with Crippen molar-refractivity contribution in [1.82, 2.24) is 0 Å². The van der Waals surface area contributed by atoms with Crippen molar-refractivity contribution < 1.29 is 14.3 Å². The van der Waals surface area contributed by atoms with Crippen LogP contribution in [0.2, 0.25) is 0 Å². The zero-order valence-electron chi connectivity index (χ0n) is 12.8. The first kappa shape index (κ1) is 16.7. The van der Waals surface area contributed by atoms with Crippen molar-refractivity contribution in [3.05, 3.63) is 29.8 Å². The molecule has 0 heterocycles. The first-order valence-electron chi connectivity index (χ1n) is 6.77. The molecule has 0 aliphatic rings. The Balaban J connectivity index is 2.90. The van der Waals surface area contributed by atoms with Gasteiger partial charge in [0, 0.05) is 5.69 Å². The van der Waals surface area contributed by atoms with E-state index in [-0.39, 0.29) is 6.61 Å². The lowest BCUT2D eigenvalue weighted by atomic mass is 9.80. The van der Waals surface area contributed by atoms with E-state index < -0.39 is 23.2 Å². The smallest absolute Gasteiger partial charge is 0.319 e. The lowest BCUT2D eigenvalue weighted by molar-refractivity contribution is -0.155. The van der Waals surface area contributed by atoms with Crippen molar-refractivity contribution in [2.24, 2.45) is 11.3 Å². The summed E-state index contributed by atoms with van der Waals surface area (Å²) in [5.74, 6) is -1.84. The number of rotatable bonds is 4. The summed E-state index contributed by atoms with van der Waals surface area (Å²) in [7, 11) is 0. The van der Waals surface area contributed by atoms with Crippen LogP contribution in [0.1, 0.15) is 33.3 Å². The van der Waals surface area contributed by atoms with Gasteiger partial charge < -0.3 is 10.1 Å². The fraction of sp³-hybridized carbons (Fsp3) is 0.438. The minimum absolute atomic E-state index is 0.232. The average Bonchev–Trinajstić information content (AvgIpc) is 2.38. The van der Waals surface area contributed by atoms with Crippen LogP contribution in [-0.4, -0.2) is 18.5 Å². The van der Waals surface area contributed by atoms with Gasteiger partial charge in [0.05, 0.1) is 18.2 Å². The maximum absolute atomic E-state index is 12.4. The maximum atomic E-state index is 12.4. The average molecular weight is 288 g/mol. The molecule has 1 rings (SSSR count). The summed E-state index contributed by atoms with van der Waals surface area (Å²) in [6.45, 7) is 7.37. The molecule has 1 atom stereocenters. The number of anilines is 1. The number of hydrogen-bond acceptors (Lipinski definition) is 4. The van der Waals surface area contributed by atoms with E-state index in [9.17, 15) is 9.59 Å². The highest BCUT2D eigenvalue weighted by Gasteiger charge is 2.38. The van der Waals surface area contributed by atoms with Gasteiger partial charge in [-0.2, -0.15) is 5.26 Å². The lowest BCUT2D eigenvalue weighted by Crippen LogP contribution is -2.40. The van der Waals surface area contributed by atoms with E-state index in [1.54, 1.807) is 31.2 Å². The number of carbonyl (C=O) groups is 2. The summed E-state index contributed by atoms with van der Waals surface area (Å²) in [4.78, 5) is 24.3. The van der Waals surface area contributed by atoms with Crippen LogP contribution >= 0.6 is 0 Å². The van der Waals surface area contributed by atoms with Gasteiger partial charge in [-0.05, 0) is 36.6 Å². The normalized spacial score (nSPS) is 12.1. The molecule has 0 radical (unpaired) electrons. The van der Waals surface area contributed by atoms with Gasteiger partial charge in [-0.15, -0.1) is 0 Å². The highest BCUT2D eigenvalue weighted by atomic mass is 16.5. The number of nitrogens with one attached hydrogen (secondary N) is 1. The highest BCUT2D eigenvalue weighted by Crippen LogP contribution is 2.28. The Kier molecular flexibility index (Phi) is 5.48. The molecule has 0 aromatic heterocycles. The molecule has 0 bridgehead atoms. The fourth-order valence-electron chi connectivity index (χ4n) is 1.92. The Morgan fingerprint density at radius 1 is 1.29 bits per heavy atom. The molecule has 0 saturated carbocycles. The number of benzene rings is 1. The SMILES string of the molecule is CCOC(=O)C(C(=O)Nc1ccc(C#N)cc1)C(C)(C)C. The second-order valence-corrected chi connectivity index (χ2v) is 5.73. The van der Waals surface area contributed by atoms with E-state index in [4.69, 9.17) is 10.00 Å². The second-order valence-electron chi connectivity index (χ2n) is 5.73. The number of hydrogen-bond donors (Lipinski definition) is 1. The van der Waals surface area contributed by atoms with Crippen molar-refractivity contribution in [3.8, 4) is 6.07 Å². The minimum Gasteiger partial charge on any atom is -0.465 e. The molecule has 5 heteroatoms. The maximum Gasteiger partial charge on any atom is 0.319 e. The van der Waals surface area contributed by atoms with Crippen LogP contribution in [0, 0.1) is 22.7 Å². The summed E-state index contributed by atoms with van der Waals surface area (Å²) < 4.78 is 4.98. The molecule has 1 amide bonds. The molecule has 0 aliphatic heterocycles. The minimum atomic E-state index is -0.895. The summed E-state index contributed by atoms with van der Waals surface area (Å²) in [5.41, 5.74) is 0.492. The number of ether oxygens (including phenoxy) is 1. The van der Waals surface area contributed by atoms with Crippen LogP contribution in [0.5, 0.6) is 0 Å². The standard InChI is InChI=1S/C16H20N2O3/c1-5-21-15(20)13(16(2,3)4)14(19)18-12-8-6-11(10-17)7-9-12/h6-9,13H,5H2,1-4H3,(H,18,19). The molecule has 1 aromatic carbocycles. The largest absolute Gasteiger partial charge is 0.465 e. The highest BCUT2D eigenvalue weighted by molar-refractivity contribution is 6.05. The van der Waals surface area contributed by atoms with Gasteiger partial charge in [0.25, 0.3) is 0 Å². The molecule has 0 fully saturated rings. The molecule has 1 aromatic rings. The molecule has 0 saturated heterocycles. The number of nitrogens with zero attached hydrogens (tertiary/aromatic N) is 1. The summed E-state index contributed by atoms with van der Waals surface area (Å²) >= 11 is 0. The van der Waals surface area contributed by atoms with E-state index in [1.165, 1.54) is 0 Å². The predicted octanol–water partition coefficient (Wildman–Crippen LogP) is 2.72. The molecule has 112 valence electrons. The first-order valence-corrected chi connectivity index (χ1v) is 6.77. The third-order valence-electron chi connectivity index (χ3n) is 2.93. The van der Waals surface area contributed by atoms with Gasteiger partial charge in [-0.3, -0.25) is 9.59 Å². The number of nitriles is 1. The fourth-order valence-corrected chi connectivity index (χ4v) is 1.92. The van der Waals surface area contributed by atoms with E-state index in [1.807, 2.05) is 26.8 Å². The van der Waals surface area contributed by atoms with Gasteiger partial charge in [-0.25, -0.2) is 0 Å². The van der Waals surface area contributed by atoms with Gasteiger partial charge in [-0.1, -0.05) is 20.8 Å². The van der Waals surface area contributed by atoms with Crippen LogP contribution in [0.4, 0.5) is 5.69 Å². The Hall–Kier alpha value is -2.35. The van der Waals surface area contributed by atoms with Gasteiger partial charge in [0.15, 0.2) is 0 Å². The molecular weight excluding hydrogens is 268 g/mol. The number of carbonyl (C=O) groups excluding carboxylic acids is 2. The van der Waals surface area contributed by atoms with Crippen molar-refractivity contribution >= 4 is 17.6 Å². The second kappa shape index (κ2) is 6.89. The Bertz CT molecular complexity index is 550. The van der Waals surface area contributed by atoms with Gasteiger partial charge >= 0.3 is 5.97 Å². The summed E-state index contributed by atoms with van der Waals surface area (Å²) in [6.07, 6.45) is 0. The van der Waals surface area contributed by atoms with Crippen molar-refractivity contribution in [2.45, 2.75) is 27.7 Å². The van der Waals surface area contributed by atoms with Crippen LogP contribution in [-0.2, 0) is 14.3 Å². The van der Waals surface area contributed by atoms with Gasteiger partial charge in [0.1, 0.15) is 5.92 Å². The Morgan fingerprint density at radius 3 is 2.29 bits per heavy atom. The topological polar surface area (TPSA) is 79.2 Å². The molecule has 1 N–H and O–H groups in total. The first-order chi connectivity index (χ1) is 9.79. The monoisotopic (exact) mass is 288 g/mol. The van der Waals surface area contributed by atoms with Gasteiger partial charge in [0.2, 0.25) is 5.91 Å². The van der Waals surface area contributed by atoms with Crippen LogP contribution in [0.25, 0.3) is 0 Å². The predicted molar refractivity (Wildman–Crippen MR) is 79.4 cm³/mol.